The standard InChI is InChI=1S/C19H22N2OS/c22-19(21-16-10-7-13-20-14-16)18(15-8-3-1-4-9-15)23-17-11-5-2-6-12-17/h1-6,8-9,11-12,16,18,20H,7,10,13-14H2,(H,21,22). The molecule has 1 aliphatic rings. The summed E-state index contributed by atoms with van der Waals surface area (Å²) in [5.41, 5.74) is 1.04. The molecule has 3 nitrogen and oxygen atoms in total. The summed E-state index contributed by atoms with van der Waals surface area (Å²) in [6.45, 7) is 1.91. The number of benzene rings is 2. The zero-order chi connectivity index (χ0) is 15.9. The Kier molecular flexibility index (Phi) is 5.72. The van der Waals surface area contributed by atoms with Crippen molar-refractivity contribution in [2.24, 2.45) is 0 Å². The van der Waals surface area contributed by atoms with Gasteiger partial charge in [0, 0.05) is 17.5 Å². The van der Waals surface area contributed by atoms with Crippen LogP contribution in [0, 0.1) is 0 Å². The lowest BCUT2D eigenvalue weighted by molar-refractivity contribution is -0.121. The third-order valence-corrected chi connectivity index (χ3v) is 5.25. The van der Waals surface area contributed by atoms with Crippen LogP contribution in [0.15, 0.2) is 65.6 Å². The molecule has 0 aliphatic carbocycles. The monoisotopic (exact) mass is 326 g/mol. The maximum atomic E-state index is 12.9. The van der Waals surface area contributed by atoms with Gasteiger partial charge in [-0.25, -0.2) is 0 Å². The maximum Gasteiger partial charge on any atom is 0.238 e. The van der Waals surface area contributed by atoms with Crippen molar-refractivity contribution >= 4 is 17.7 Å². The van der Waals surface area contributed by atoms with Crippen molar-refractivity contribution in [2.75, 3.05) is 13.1 Å². The van der Waals surface area contributed by atoms with Gasteiger partial charge in [-0.3, -0.25) is 4.79 Å². The molecular weight excluding hydrogens is 304 g/mol. The van der Waals surface area contributed by atoms with Gasteiger partial charge in [0.15, 0.2) is 0 Å². The van der Waals surface area contributed by atoms with E-state index < -0.39 is 0 Å². The Hall–Kier alpha value is -1.78. The fourth-order valence-corrected chi connectivity index (χ4v) is 3.84. The first-order valence-corrected chi connectivity index (χ1v) is 8.98. The van der Waals surface area contributed by atoms with Gasteiger partial charge < -0.3 is 10.6 Å². The summed E-state index contributed by atoms with van der Waals surface area (Å²) >= 11 is 1.61. The molecule has 120 valence electrons. The molecule has 1 aliphatic heterocycles. The van der Waals surface area contributed by atoms with E-state index in [1.54, 1.807) is 11.8 Å². The molecule has 2 N–H and O–H groups in total. The van der Waals surface area contributed by atoms with E-state index in [1.165, 1.54) is 0 Å². The molecule has 0 spiro atoms. The van der Waals surface area contributed by atoms with Crippen LogP contribution in [-0.4, -0.2) is 25.0 Å². The van der Waals surface area contributed by atoms with E-state index in [0.717, 1.165) is 36.4 Å². The van der Waals surface area contributed by atoms with Crippen LogP contribution in [0.2, 0.25) is 0 Å². The molecule has 2 atom stereocenters. The largest absolute Gasteiger partial charge is 0.351 e. The van der Waals surface area contributed by atoms with Gasteiger partial charge in [0.05, 0.1) is 0 Å². The van der Waals surface area contributed by atoms with Crippen molar-refractivity contribution in [1.82, 2.24) is 10.6 Å². The minimum atomic E-state index is -0.222. The van der Waals surface area contributed by atoms with Gasteiger partial charge in [0.1, 0.15) is 5.25 Å². The average Bonchev–Trinajstić information content (AvgIpc) is 2.62. The number of hydrogen-bond acceptors (Lipinski definition) is 3. The first kappa shape index (κ1) is 16.1. The van der Waals surface area contributed by atoms with Gasteiger partial charge >= 0.3 is 0 Å². The maximum absolute atomic E-state index is 12.9. The number of hydrogen-bond donors (Lipinski definition) is 2. The number of rotatable bonds is 5. The number of thioether (sulfide) groups is 1. The highest BCUT2D eigenvalue weighted by Crippen LogP contribution is 2.35. The minimum absolute atomic E-state index is 0.0961. The van der Waals surface area contributed by atoms with Gasteiger partial charge in [-0.2, -0.15) is 0 Å². The van der Waals surface area contributed by atoms with Crippen LogP contribution < -0.4 is 10.6 Å². The molecule has 0 aromatic heterocycles. The summed E-state index contributed by atoms with van der Waals surface area (Å²) in [4.78, 5) is 14.0. The fraction of sp³-hybridized carbons (Fsp3) is 0.316. The molecule has 0 saturated carbocycles. The van der Waals surface area contributed by atoms with Crippen LogP contribution >= 0.6 is 11.8 Å². The second-order valence-corrected chi connectivity index (χ2v) is 6.95. The predicted molar refractivity (Wildman–Crippen MR) is 95.5 cm³/mol. The lowest BCUT2D eigenvalue weighted by Crippen LogP contribution is -2.46. The lowest BCUT2D eigenvalue weighted by atomic mass is 10.1. The normalized spacial score (nSPS) is 19.0. The Morgan fingerprint density at radius 2 is 1.78 bits per heavy atom. The highest BCUT2D eigenvalue weighted by atomic mass is 32.2. The average molecular weight is 326 g/mol. The lowest BCUT2D eigenvalue weighted by Gasteiger charge is -2.26. The molecule has 1 saturated heterocycles. The number of amides is 1. The molecule has 4 heteroatoms. The van der Waals surface area contributed by atoms with Gasteiger partial charge in [0.2, 0.25) is 5.91 Å². The van der Waals surface area contributed by atoms with E-state index in [0.29, 0.717) is 0 Å². The first-order chi connectivity index (χ1) is 11.3. The molecule has 0 bridgehead atoms. The molecule has 1 amide bonds. The quantitative estimate of drug-likeness (QED) is 0.828. The van der Waals surface area contributed by atoms with Crippen LogP contribution in [0.3, 0.4) is 0 Å². The van der Waals surface area contributed by atoms with E-state index in [-0.39, 0.29) is 17.2 Å². The SMILES string of the molecule is O=C(NC1CCCNC1)C(Sc1ccccc1)c1ccccc1. The van der Waals surface area contributed by atoms with Gasteiger partial charge in [-0.1, -0.05) is 48.5 Å². The van der Waals surface area contributed by atoms with Crippen molar-refractivity contribution in [3.05, 3.63) is 66.2 Å². The van der Waals surface area contributed by atoms with Crippen molar-refractivity contribution in [2.45, 2.75) is 29.0 Å². The summed E-state index contributed by atoms with van der Waals surface area (Å²) in [6.07, 6.45) is 2.17. The Morgan fingerprint density at radius 3 is 2.43 bits per heavy atom. The van der Waals surface area contributed by atoms with Crippen LogP contribution in [-0.2, 0) is 4.79 Å². The van der Waals surface area contributed by atoms with Crippen LogP contribution in [0.1, 0.15) is 23.7 Å². The van der Waals surface area contributed by atoms with E-state index in [2.05, 4.69) is 22.8 Å². The van der Waals surface area contributed by atoms with Crippen molar-refractivity contribution < 1.29 is 4.79 Å². The summed E-state index contributed by atoms with van der Waals surface area (Å²) in [5, 5.41) is 6.34. The molecule has 1 heterocycles. The summed E-state index contributed by atoms with van der Waals surface area (Å²) in [6, 6.07) is 20.4. The molecule has 2 aromatic carbocycles. The summed E-state index contributed by atoms with van der Waals surface area (Å²) in [5.74, 6) is 0.0961. The third kappa shape index (κ3) is 4.60. The Balaban J connectivity index is 1.75. The second kappa shape index (κ2) is 8.18. The Labute approximate surface area is 141 Å². The van der Waals surface area contributed by atoms with Crippen molar-refractivity contribution in [3.8, 4) is 0 Å². The third-order valence-electron chi connectivity index (χ3n) is 3.98. The van der Waals surface area contributed by atoms with Gasteiger partial charge in [0.25, 0.3) is 0 Å². The van der Waals surface area contributed by atoms with Crippen LogP contribution in [0.25, 0.3) is 0 Å². The zero-order valence-electron chi connectivity index (χ0n) is 13.1. The molecule has 1 fully saturated rings. The molecule has 3 rings (SSSR count). The molecule has 0 radical (unpaired) electrons. The molecule has 2 unspecified atom stereocenters. The van der Waals surface area contributed by atoms with Gasteiger partial charge in [-0.05, 0) is 37.1 Å². The highest BCUT2D eigenvalue weighted by Gasteiger charge is 2.25. The summed E-state index contributed by atoms with van der Waals surface area (Å²) < 4.78 is 0. The molecular formula is C19H22N2OS. The Bertz CT molecular complexity index is 612. The number of carbonyl (C=O) groups excluding carboxylic acids is 1. The van der Waals surface area contributed by atoms with Crippen molar-refractivity contribution in [3.63, 3.8) is 0 Å². The number of carbonyl (C=O) groups is 1. The predicted octanol–water partition coefficient (Wildman–Crippen LogP) is 3.39. The minimum Gasteiger partial charge on any atom is -0.351 e. The van der Waals surface area contributed by atoms with Crippen LogP contribution in [0.5, 0.6) is 0 Å². The molecule has 23 heavy (non-hydrogen) atoms. The van der Waals surface area contributed by atoms with E-state index in [1.807, 2.05) is 48.5 Å². The van der Waals surface area contributed by atoms with Crippen molar-refractivity contribution in [1.29, 1.82) is 0 Å². The van der Waals surface area contributed by atoms with E-state index in [4.69, 9.17) is 0 Å². The molecule has 2 aromatic rings. The number of piperidine rings is 1. The fourth-order valence-electron chi connectivity index (χ4n) is 2.79. The van der Waals surface area contributed by atoms with Gasteiger partial charge in [-0.15, -0.1) is 11.8 Å². The number of nitrogens with one attached hydrogen (secondary N) is 2. The highest BCUT2D eigenvalue weighted by molar-refractivity contribution is 8.00. The summed E-state index contributed by atoms with van der Waals surface area (Å²) in [7, 11) is 0. The zero-order valence-corrected chi connectivity index (χ0v) is 13.9. The van der Waals surface area contributed by atoms with E-state index >= 15 is 0 Å². The Morgan fingerprint density at radius 1 is 1.09 bits per heavy atom. The topological polar surface area (TPSA) is 41.1 Å². The second-order valence-electron chi connectivity index (χ2n) is 5.77. The van der Waals surface area contributed by atoms with E-state index in [9.17, 15) is 4.79 Å². The first-order valence-electron chi connectivity index (χ1n) is 8.10. The van der Waals surface area contributed by atoms with Crippen LogP contribution in [0.4, 0.5) is 0 Å². The smallest absolute Gasteiger partial charge is 0.238 e.